The predicted molar refractivity (Wildman–Crippen MR) is 71.5 cm³/mol. The Kier molecular flexibility index (Phi) is 3.61. The summed E-state index contributed by atoms with van der Waals surface area (Å²) in [4.78, 5) is 26.4. The first-order valence-corrected chi connectivity index (χ1v) is 6.21. The first-order valence-electron chi connectivity index (χ1n) is 5.40. The molecule has 0 aliphatic rings. The number of aromatic nitrogens is 4. The van der Waals surface area contributed by atoms with Crippen LogP contribution in [0, 0.1) is 19.3 Å². The SMILES string of the molecule is Cc1cc(C(=N)N)nc(Sc2nc(C)cc(=O)[nH]2)n1. The predicted octanol–water partition coefficient (Wildman–Crippen LogP) is 0.612. The van der Waals surface area contributed by atoms with E-state index in [-0.39, 0.29) is 11.4 Å². The van der Waals surface area contributed by atoms with Crippen molar-refractivity contribution in [2.24, 2.45) is 5.73 Å². The molecule has 0 aliphatic carbocycles. The monoisotopic (exact) mass is 276 g/mol. The second kappa shape index (κ2) is 5.19. The Bertz CT molecular complexity index is 696. The molecule has 0 spiro atoms. The van der Waals surface area contributed by atoms with E-state index in [0.29, 0.717) is 27.4 Å². The van der Waals surface area contributed by atoms with Crippen LogP contribution in [0.2, 0.25) is 0 Å². The maximum absolute atomic E-state index is 11.3. The molecule has 0 saturated heterocycles. The number of rotatable bonds is 3. The van der Waals surface area contributed by atoms with Crippen LogP contribution in [0.25, 0.3) is 0 Å². The molecule has 0 unspecified atom stereocenters. The van der Waals surface area contributed by atoms with Crippen LogP contribution >= 0.6 is 11.8 Å². The molecule has 4 N–H and O–H groups in total. The summed E-state index contributed by atoms with van der Waals surface area (Å²) in [5.41, 5.74) is 6.84. The van der Waals surface area contributed by atoms with Gasteiger partial charge in [-0.2, -0.15) is 0 Å². The largest absolute Gasteiger partial charge is 0.382 e. The van der Waals surface area contributed by atoms with Gasteiger partial charge in [-0.05, 0) is 31.7 Å². The second-order valence-corrected chi connectivity index (χ2v) is 4.84. The third-order valence-corrected chi connectivity index (χ3v) is 2.90. The Morgan fingerprint density at radius 2 is 1.95 bits per heavy atom. The Morgan fingerprint density at radius 1 is 1.26 bits per heavy atom. The molecule has 0 atom stereocenters. The molecule has 0 aromatic carbocycles. The van der Waals surface area contributed by atoms with Crippen LogP contribution in [0.1, 0.15) is 17.1 Å². The van der Waals surface area contributed by atoms with Gasteiger partial charge < -0.3 is 10.7 Å². The normalized spacial score (nSPS) is 10.4. The van der Waals surface area contributed by atoms with E-state index >= 15 is 0 Å². The van der Waals surface area contributed by atoms with Gasteiger partial charge >= 0.3 is 0 Å². The van der Waals surface area contributed by atoms with Crippen molar-refractivity contribution < 1.29 is 0 Å². The van der Waals surface area contributed by atoms with Gasteiger partial charge in [0.05, 0.1) is 0 Å². The number of nitrogens with two attached hydrogens (primary N) is 1. The van der Waals surface area contributed by atoms with Gasteiger partial charge in [0.25, 0.3) is 5.56 Å². The number of nitrogens with zero attached hydrogens (tertiary/aromatic N) is 3. The van der Waals surface area contributed by atoms with Crippen molar-refractivity contribution in [3.8, 4) is 0 Å². The number of hydrogen-bond donors (Lipinski definition) is 3. The number of hydrogen-bond acceptors (Lipinski definition) is 6. The van der Waals surface area contributed by atoms with Crippen molar-refractivity contribution in [3.05, 3.63) is 39.6 Å². The molecule has 8 heteroatoms. The molecule has 0 saturated carbocycles. The minimum absolute atomic E-state index is 0.127. The van der Waals surface area contributed by atoms with Crippen molar-refractivity contribution >= 4 is 17.6 Å². The molecule has 19 heavy (non-hydrogen) atoms. The number of nitrogens with one attached hydrogen (secondary N) is 2. The summed E-state index contributed by atoms with van der Waals surface area (Å²) in [7, 11) is 0. The molecular formula is C11H12N6OS. The zero-order valence-electron chi connectivity index (χ0n) is 10.4. The van der Waals surface area contributed by atoms with Crippen LogP contribution in [0.3, 0.4) is 0 Å². The van der Waals surface area contributed by atoms with Crippen molar-refractivity contribution in [3.63, 3.8) is 0 Å². The van der Waals surface area contributed by atoms with E-state index in [1.165, 1.54) is 6.07 Å². The van der Waals surface area contributed by atoms with Crippen LogP contribution in [-0.4, -0.2) is 25.8 Å². The number of H-pyrrole nitrogens is 1. The average Bonchev–Trinajstić information content (AvgIpc) is 2.26. The van der Waals surface area contributed by atoms with E-state index < -0.39 is 0 Å². The molecule has 2 heterocycles. The van der Waals surface area contributed by atoms with Crippen LogP contribution in [0.5, 0.6) is 0 Å². The lowest BCUT2D eigenvalue weighted by Gasteiger charge is -2.04. The highest BCUT2D eigenvalue weighted by atomic mass is 32.2. The van der Waals surface area contributed by atoms with Crippen molar-refractivity contribution in [1.82, 2.24) is 19.9 Å². The zero-order chi connectivity index (χ0) is 14.0. The summed E-state index contributed by atoms with van der Waals surface area (Å²) in [5.74, 6) is -0.127. The van der Waals surface area contributed by atoms with Crippen molar-refractivity contribution in [1.29, 1.82) is 5.41 Å². The highest BCUT2D eigenvalue weighted by Crippen LogP contribution is 2.20. The summed E-state index contributed by atoms with van der Waals surface area (Å²) in [6.07, 6.45) is 0. The molecule has 7 nitrogen and oxygen atoms in total. The summed E-state index contributed by atoms with van der Waals surface area (Å²) < 4.78 is 0. The van der Waals surface area contributed by atoms with Crippen molar-refractivity contribution in [2.45, 2.75) is 24.2 Å². The van der Waals surface area contributed by atoms with Crippen LogP contribution in [0.4, 0.5) is 0 Å². The van der Waals surface area contributed by atoms with Gasteiger partial charge in [0, 0.05) is 17.5 Å². The quantitative estimate of drug-likeness (QED) is 0.429. The topological polar surface area (TPSA) is 121 Å². The van der Waals surface area contributed by atoms with Gasteiger partial charge in [0.1, 0.15) is 11.5 Å². The Labute approximate surface area is 113 Å². The van der Waals surface area contributed by atoms with Gasteiger partial charge in [0.2, 0.25) is 0 Å². The molecule has 0 radical (unpaired) electrons. The summed E-state index contributed by atoms with van der Waals surface area (Å²) in [6.45, 7) is 3.52. The van der Waals surface area contributed by atoms with Gasteiger partial charge in [-0.1, -0.05) is 0 Å². The standard InChI is InChI=1S/C11H12N6OS/c1-5-3-7(9(12)13)16-10(14-5)19-11-15-6(2)4-8(18)17-11/h3-4H,1-2H3,(H3,12,13)(H,15,17,18). The van der Waals surface area contributed by atoms with E-state index in [1.807, 2.05) is 0 Å². The maximum atomic E-state index is 11.3. The zero-order valence-corrected chi connectivity index (χ0v) is 11.2. The first-order chi connectivity index (χ1) is 8.94. The molecule has 2 rings (SSSR count). The summed E-state index contributed by atoms with van der Waals surface area (Å²) in [5, 5.41) is 8.18. The molecule has 98 valence electrons. The third kappa shape index (κ3) is 3.38. The van der Waals surface area contributed by atoms with E-state index in [4.69, 9.17) is 11.1 Å². The molecular weight excluding hydrogens is 264 g/mol. The minimum Gasteiger partial charge on any atom is -0.382 e. The number of aromatic amines is 1. The van der Waals surface area contributed by atoms with Crippen LogP contribution in [-0.2, 0) is 0 Å². The second-order valence-electron chi connectivity index (χ2n) is 3.88. The number of nitrogen functional groups attached to an aromatic ring is 1. The first kappa shape index (κ1) is 13.2. The summed E-state index contributed by atoms with van der Waals surface area (Å²) in [6, 6.07) is 3.03. The van der Waals surface area contributed by atoms with Crippen LogP contribution < -0.4 is 11.3 Å². The minimum atomic E-state index is -0.227. The van der Waals surface area contributed by atoms with Crippen molar-refractivity contribution in [2.75, 3.05) is 0 Å². The smallest absolute Gasteiger partial charge is 0.251 e. The molecule has 2 aromatic heterocycles. The summed E-state index contributed by atoms with van der Waals surface area (Å²) >= 11 is 1.12. The molecule has 0 bridgehead atoms. The van der Waals surface area contributed by atoms with E-state index in [0.717, 1.165) is 11.8 Å². The molecule has 2 aromatic rings. The molecule has 0 aliphatic heterocycles. The average molecular weight is 276 g/mol. The fourth-order valence-corrected chi connectivity index (χ4v) is 2.26. The molecule has 0 fully saturated rings. The van der Waals surface area contributed by atoms with Gasteiger partial charge in [0.15, 0.2) is 10.3 Å². The van der Waals surface area contributed by atoms with Gasteiger partial charge in [-0.25, -0.2) is 15.0 Å². The lowest BCUT2D eigenvalue weighted by Crippen LogP contribution is -2.14. The number of amidine groups is 1. The molecule has 0 amide bonds. The highest BCUT2D eigenvalue weighted by Gasteiger charge is 2.08. The Balaban J connectivity index is 2.37. The fraction of sp³-hybridized carbons (Fsp3) is 0.182. The maximum Gasteiger partial charge on any atom is 0.251 e. The number of aryl methyl sites for hydroxylation is 2. The van der Waals surface area contributed by atoms with E-state index in [2.05, 4.69) is 19.9 Å². The van der Waals surface area contributed by atoms with Gasteiger partial charge in [-0.15, -0.1) is 0 Å². The van der Waals surface area contributed by atoms with E-state index in [1.54, 1.807) is 19.9 Å². The fourth-order valence-electron chi connectivity index (χ4n) is 1.41. The van der Waals surface area contributed by atoms with Gasteiger partial charge in [-0.3, -0.25) is 10.2 Å². The van der Waals surface area contributed by atoms with E-state index in [9.17, 15) is 4.79 Å². The lowest BCUT2D eigenvalue weighted by molar-refractivity contribution is 0.878. The lowest BCUT2D eigenvalue weighted by atomic mass is 10.3. The Hall–Kier alpha value is -2.22. The van der Waals surface area contributed by atoms with Crippen LogP contribution in [0.15, 0.2) is 27.2 Å². The third-order valence-electron chi connectivity index (χ3n) is 2.15. The highest BCUT2D eigenvalue weighted by molar-refractivity contribution is 7.99. The Morgan fingerprint density at radius 3 is 2.58 bits per heavy atom.